The molecular weight excluding hydrogens is 431 g/mol. The van der Waals surface area contributed by atoms with Crippen LogP contribution in [0.1, 0.15) is 6.42 Å². The molecule has 1 aliphatic heterocycles. The number of nitrogens with one attached hydrogen (secondary N) is 2. The number of benzene rings is 2. The van der Waals surface area contributed by atoms with Crippen molar-refractivity contribution in [2.24, 2.45) is 0 Å². The topological polar surface area (TPSA) is 106 Å². The van der Waals surface area contributed by atoms with Crippen LogP contribution >= 0.6 is 11.6 Å². The van der Waals surface area contributed by atoms with Crippen LogP contribution < -0.4 is 24.8 Å². The third kappa shape index (κ3) is 6.73. The van der Waals surface area contributed by atoms with E-state index < -0.39 is 29.8 Å². The highest BCUT2D eigenvalue weighted by molar-refractivity contribution is 6.30. The number of carbonyl (C=O) groups is 2. The van der Waals surface area contributed by atoms with E-state index in [-0.39, 0.29) is 43.5 Å². The molecule has 0 spiro atoms. The molecule has 1 unspecified atom stereocenters. The summed E-state index contributed by atoms with van der Waals surface area (Å²) in [5.41, 5.74) is 0. The number of para-hydroxylation sites is 2. The second-order valence-corrected chi connectivity index (χ2v) is 7.17. The van der Waals surface area contributed by atoms with Crippen molar-refractivity contribution < 1.29 is 33.3 Å². The Kier molecular flexibility index (Phi) is 7.91. The van der Waals surface area contributed by atoms with Crippen molar-refractivity contribution in [2.75, 3.05) is 26.3 Å². The summed E-state index contributed by atoms with van der Waals surface area (Å²) < 4.78 is 29.6. The second kappa shape index (κ2) is 10.8. The van der Waals surface area contributed by atoms with E-state index in [1.165, 1.54) is 12.1 Å². The van der Waals surface area contributed by atoms with Crippen LogP contribution in [0.5, 0.6) is 17.2 Å². The van der Waals surface area contributed by atoms with Crippen molar-refractivity contribution in [3.63, 3.8) is 0 Å². The molecule has 1 heterocycles. The monoisotopic (exact) mass is 452 g/mol. The summed E-state index contributed by atoms with van der Waals surface area (Å²) in [6.07, 6.45) is -1.46. The summed E-state index contributed by atoms with van der Waals surface area (Å²) in [7, 11) is 0. The molecule has 3 rings (SSSR count). The molecule has 0 bridgehead atoms. The number of aliphatic hydroxyl groups is 1. The maximum Gasteiger partial charge on any atom is 0.264 e. The van der Waals surface area contributed by atoms with Gasteiger partial charge >= 0.3 is 0 Å². The molecule has 2 aromatic rings. The molecule has 0 aromatic heterocycles. The van der Waals surface area contributed by atoms with E-state index in [0.29, 0.717) is 11.5 Å². The maximum absolute atomic E-state index is 13.3. The largest absolute Gasteiger partial charge is 0.485 e. The molecule has 10 heteroatoms. The highest BCUT2D eigenvalue weighted by Crippen LogP contribution is 2.30. The molecule has 0 saturated carbocycles. The van der Waals surface area contributed by atoms with E-state index in [1.807, 2.05) is 0 Å². The highest BCUT2D eigenvalue weighted by atomic mass is 35.5. The zero-order valence-electron chi connectivity index (χ0n) is 16.5. The van der Waals surface area contributed by atoms with Gasteiger partial charge in [-0.05, 0) is 30.7 Å². The Morgan fingerprint density at radius 2 is 2.00 bits per heavy atom. The number of ether oxygens (including phenoxy) is 3. The van der Waals surface area contributed by atoms with E-state index >= 15 is 0 Å². The van der Waals surface area contributed by atoms with Crippen LogP contribution in [0.3, 0.4) is 0 Å². The van der Waals surface area contributed by atoms with Gasteiger partial charge in [-0.15, -0.1) is 0 Å². The van der Waals surface area contributed by atoms with Crippen LogP contribution in [0.25, 0.3) is 0 Å². The lowest BCUT2D eigenvalue weighted by Gasteiger charge is -2.25. The van der Waals surface area contributed by atoms with Gasteiger partial charge in [0.1, 0.15) is 18.2 Å². The first-order valence-corrected chi connectivity index (χ1v) is 9.99. The van der Waals surface area contributed by atoms with E-state index in [9.17, 15) is 19.1 Å². The minimum absolute atomic E-state index is 0.00321. The molecular formula is C21H22ClFN2O6. The van der Waals surface area contributed by atoms with Gasteiger partial charge in [-0.2, -0.15) is 0 Å². The Bertz CT molecular complexity index is 928. The molecule has 8 nitrogen and oxygen atoms in total. The molecule has 31 heavy (non-hydrogen) atoms. The number of hydrogen-bond donors (Lipinski definition) is 3. The fraction of sp³-hybridized carbons (Fsp3) is 0.333. The van der Waals surface area contributed by atoms with Gasteiger partial charge in [0.25, 0.3) is 11.8 Å². The van der Waals surface area contributed by atoms with Crippen LogP contribution in [-0.2, 0) is 9.59 Å². The van der Waals surface area contributed by atoms with Gasteiger partial charge in [-0.3, -0.25) is 9.59 Å². The van der Waals surface area contributed by atoms with Crippen molar-refractivity contribution in [1.82, 2.24) is 10.6 Å². The minimum Gasteiger partial charge on any atom is -0.485 e. The Morgan fingerprint density at radius 1 is 1.23 bits per heavy atom. The summed E-state index contributed by atoms with van der Waals surface area (Å²) in [4.78, 5) is 24.0. The third-order valence-corrected chi connectivity index (χ3v) is 4.68. The first-order chi connectivity index (χ1) is 14.9. The molecule has 2 amide bonds. The summed E-state index contributed by atoms with van der Waals surface area (Å²) in [5.74, 6) is -0.233. The zero-order valence-corrected chi connectivity index (χ0v) is 17.2. The maximum atomic E-state index is 13.3. The normalized spacial score (nSPS) is 15.6. The quantitative estimate of drug-likeness (QED) is 0.534. The van der Waals surface area contributed by atoms with E-state index in [1.54, 1.807) is 24.3 Å². The van der Waals surface area contributed by atoms with Gasteiger partial charge < -0.3 is 30.0 Å². The average molecular weight is 453 g/mol. The van der Waals surface area contributed by atoms with E-state index in [4.69, 9.17) is 25.8 Å². The van der Waals surface area contributed by atoms with Crippen LogP contribution in [0, 0.1) is 5.82 Å². The van der Waals surface area contributed by atoms with Crippen LogP contribution in [-0.4, -0.2) is 55.4 Å². The van der Waals surface area contributed by atoms with Crippen molar-refractivity contribution in [3.05, 3.63) is 53.3 Å². The molecule has 0 radical (unpaired) electrons. The smallest absolute Gasteiger partial charge is 0.264 e. The molecule has 2 aromatic carbocycles. The first-order valence-electron chi connectivity index (χ1n) is 9.61. The fourth-order valence-corrected chi connectivity index (χ4v) is 2.85. The second-order valence-electron chi connectivity index (χ2n) is 6.77. The van der Waals surface area contributed by atoms with E-state index in [2.05, 4.69) is 10.6 Å². The number of hydrogen-bond acceptors (Lipinski definition) is 6. The van der Waals surface area contributed by atoms with Gasteiger partial charge in [0, 0.05) is 19.2 Å². The lowest BCUT2D eigenvalue weighted by Crippen LogP contribution is -2.46. The van der Waals surface area contributed by atoms with Crippen molar-refractivity contribution in [1.29, 1.82) is 0 Å². The number of aliphatic hydroxyl groups excluding tert-OH is 1. The van der Waals surface area contributed by atoms with Crippen molar-refractivity contribution >= 4 is 23.4 Å². The molecule has 2 atom stereocenters. The minimum atomic E-state index is -0.868. The van der Waals surface area contributed by atoms with Gasteiger partial charge in [-0.25, -0.2) is 4.39 Å². The van der Waals surface area contributed by atoms with Gasteiger partial charge in [0.2, 0.25) is 6.10 Å². The lowest BCUT2D eigenvalue weighted by atomic mass is 10.2. The summed E-state index contributed by atoms with van der Waals surface area (Å²) in [5, 5.41) is 15.1. The Balaban J connectivity index is 1.30. The number of carbonyl (C=O) groups excluding carboxylic acids is 2. The summed E-state index contributed by atoms with van der Waals surface area (Å²) >= 11 is 5.58. The molecule has 0 saturated heterocycles. The van der Waals surface area contributed by atoms with Gasteiger partial charge in [-0.1, -0.05) is 23.7 Å². The third-order valence-electron chi connectivity index (χ3n) is 4.37. The fourth-order valence-electron chi connectivity index (χ4n) is 2.73. The SMILES string of the molecule is O=C(COc1ccc(Cl)c(F)c1)NCC[C@@H](O)CNC(=O)C1COc2ccccc2O1. The van der Waals surface area contributed by atoms with Gasteiger partial charge in [0.05, 0.1) is 11.1 Å². The Hall–Kier alpha value is -3.04. The van der Waals surface area contributed by atoms with Crippen LogP contribution in [0.15, 0.2) is 42.5 Å². The Labute approximate surface area is 183 Å². The summed E-state index contributed by atoms with van der Waals surface area (Å²) in [6, 6.07) is 10.9. The molecule has 166 valence electrons. The summed E-state index contributed by atoms with van der Waals surface area (Å²) in [6.45, 7) is -0.0672. The standard InChI is InChI=1S/C21H22ClFN2O6/c22-15-6-5-14(9-16(15)23)29-12-20(27)24-8-7-13(26)10-25-21(28)19-11-30-17-3-1-2-4-18(17)31-19/h1-6,9,13,19,26H,7-8,10-12H2,(H,24,27)(H,25,28)/t13-,19?/m1/s1. The number of halogens is 2. The van der Waals surface area contributed by atoms with Crippen LogP contribution in [0.2, 0.25) is 5.02 Å². The zero-order chi connectivity index (χ0) is 22.2. The predicted octanol–water partition coefficient (Wildman–Crippen LogP) is 1.68. The predicted molar refractivity (Wildman–Crippen MR) is 110 cm³/mol. The first kappa shape index (κ1) is 22.6. The number of fused-ring (bicyclic) bond motifs is 1. The average Bonchev–Trinajstić information content (AvgIpc) is 2.78. The van der Waals surface area contributed by atoms with Crippen molar-refractivity contribution in [2.45, 2.75) is 18.6 Å². The molecule has 3 N–H and O–H groups in total. The molecule has 0 fully saturated rings. The molecule has 0 aliphatic carbocycles. The lowest BCUT2D eigenvalue weighted by molar-refractivity contribution is -0.131. The number of rotatable bonds is 9. The highest BCUT2D eigenvalue weighted by Gasteiger charge is 2.27. The van der Waals surface area contributed by atoms with Crippen molar-refractivity contribution in [3.8, 4) is 17.2 Å². The van der Waals surface area contributed by atoms with E-state index in [0.717, 1.165) is 6.07 Å². The number of amides is 2. The Morgan fingerprint density at radius 3 is 2.77 bits per heavy atom. The van der Waals surface area contributed by atoms with Crippen LogP contribution in [0.4, 0.5) is 4.39 Å². The van der Waals surface area contributed by atoms with Gasteiger partial charge in [0.15, 0.2) is 18.1 Å². The molecule has 1 aliphatic rings.